The molecule has 0 spiro atoms. The van der Waals surface area contributed by atoms with Crippen molar-refractivity contribution in [3.8, 4) is 0 Å². The first kappa shape index (κ1) is 19.1. The van der Waals surface area contributed by atoms with Gasteiger partial charge >= 0.3 is 0 Å². The van der Waals surface area contributed by atoms with E-state index in [1.54, 1.807) is 0 Å². The molecule has 102 valence electrons. The summed E-state index contributed by atoms with van der Waals surface area (Å²) in [4.78, 5) is 0. The third-order valence-corrected chi connectivity index (χ3v) is 2.79. The minimum atomic E-state index is 0. The first-order chi connectivity index (χ1) is 7.81. The van der Waals surface area contributed by atoms with Crippen LogP contribution in [0.1, 0.15) is 16.7 Å². The summed E-state index contributed by atoms with van der Waals surface area (Å²) in [5.74, 6) is 0. The Labute approximate surface area is 113 Å². The molecule has 0 amide bonds. The van der Waals surface area contributed by atoms with Crippen LogP contribution in [0.5, 0.6) is 0 Å². The van der Waals surface area contributed by atoms with E-state index >= 15 is 0 Å². The van der Waals surface area contributed by atoms with Gasteiger partial charge in [-0.1, -0.05) is 62.2 Å². The highest BCUT2D eigenvalue weighted by atomic mass is 16.0. The fourth-order valence-corrected chi connectivity index (χ4v) is 2.03. The minimum absolute atomic E-state index is 0. The van der Waals surface area contributed by atoms with Crippen molar-refractivity contribution in [2.24, 2.45) is 0 Å². The lowest BCUT2D eigenvalue weighted by Gasteiger charge is -2.10. The molecule has 0 aromatic heterocycles. The van der Waals surface area contributed by atoms with Crippen LogP contribution in [-0.2, 0) is 0 Å². The fraction of sp³-hybridized carbons (Fsp3) is 0. The van der Waals surface area contributed by atoms with Gasteiger partial charge in [0.05, 0.1) is 0 Å². The van der Waals surface area contributed by atoms with Crippen molar-refractivity contribution < 1.29 is 16.4 Å². The maximum absolute atomic E-state index is 3.88. The molecule has 2 rings (SSSR count). The second kappa shape index (κ2) is 8.00. The monoisotopic (exact) mass is 260 g/mol. The maximum Gasteiger partial charge on any atom is -0.0105 e. The molecule has 3 heteroatoms. The average molecular weight is 260 g/mol. The van der Waals surface area contributed by atoms with Crippen molar-refractivity contribution >= 4 is 29.0 Å². The van der Waals surface area contributed by atoms with Crippen LogP contribution in [0.3, 0.4) is 0 Å². The normalized spacial score (nSPS) is 8.42. The summed E-state index contributed by atoms with van der Waals surface area (Å²) in [6.07, 6.45) is 5.60. The van der Waals surface area contributed by atoms with Gasteiger partial charge in [0.2, 0.25) is 0 Å². The quantitative estimate of drug-likeness (QED) is 0.809. The van der Waals surface area contributed by atoms with Gasteiger partial charge in [0, 0.05) is 0 Å². The maximum atomic E-state index is 3.88. The summed E-state index contributed by atoms with van der Waals surface area (Å²) in [6, 6.07) is 10.4. The predicted molar refractivity (Wildman–Crippen MR) is 85.1 cm³/mol. The molecule has 0 aliphatic carbocycles. The van der Waals surface area contributed by atoms with Gasteiger partial charge in [-0.3, -0.25) is 0 Å². The molecule has 0 aliphatic rings. The Morgan fingerprint density at radius 1 is 0.737 bits per heavy atom. The number of fused-ring (bicyclic) bond motifs is 1. The van der Waals surface area contributed by atoms with E-state index < -0.39 is 0 Å². The van der Waals surface area contributed by atoms with Gasteiger partial charge in [0.1, 0.15) is 0 Å². The largest absolute Gasteiger partial charge is 0.412 e. The average Bonchev–Trinajstić information content (AvgIpc) is 2.36. The summed E-state index contributed by atoms with van der Waals surface area (Å²) in [6.45, 7) is 11.6. The number of hydrogen-bond donors (Lipinski definition) is 0. The van der Waals surface area contributed by atoms with Crippen LogP contribution in [0, 0.1) is 0 Å². The van der Waals surface area contributed by atoms with Crippen molar-refractivity contribution in [2.75, 3.05) is 0 Å². The van der Waals surface area contributed by atoms with E-state index in [-0.39, 0.29) is 16.4 Å². The van der Waals surface area contributed by atoms with E-state index in [9.17, 15) is 0 Å². The molecule has 0 saturated heterocycles. The Hall–Kier alpha value is -2.20. The molecule has 3 nitrogen and oxygen atoms in total. The highest BCUT2D eigenvalue weighted by molar-refractivity contribution is 5.96. The molecule has 2 aromatic rings. The van der Waals surface area contributed by atoms with E-state index in [2.05, 4.69) is 37.9 Å². The van der Waals surface area contributed by atoms with E-state index in [1.807, 2.05) is 30.4 Å². The van der Waals surface area contributed by atoms with E-state index in [4.69, 9.17) is 0 Å². The van der Waals surface area contributed by atoms with Crippen molar-refractivity contribution in [1.29, 1.82) is 0 Å². The second-order valence-corrected chi connectivity index (χ2v) is 3.63. The Bertz CT molecular complexity index is 586. The Balaban J connectivity index is 0. The molecule has 0 unspecified atom stereocenters. The molecule has 0 aliphatic heterocycles. The summed E-state index contributed by atoms with van der Waals surface area (Å²) < 4.78 is 0. The number of rotatable bonds is 3. The molecular formula is C16H20O3. The van der Waals surface area contributed by atoms with Crippen LogP contribution in [-0.4, -0.2) is 16.4 Å². The molecule has 2 aromatic carbocycles. The zero-order valence-corrected chi connectivity index (χ0v) is 10.7. The van der Waals surface area contributed by atoms with Gasteiger partial charge in [0.15, 0.2) is 0 Å². The van der Waals surface area contributed by atoms with E-state index in [0.29, 0.717) is 0 Å². The second-order valence-electron chi connectivity index (χ2n) is 3.63. The molecule has 0 radical (unpaired) electrons. The van der Waals surface area contributed by atoms with Crippen molar-refractivity contribution in [3.63, 3.8) is 0 Å². The van der Waals surface area contributed by atoms with Crippen LogP contribution in [0.15, 0.2) is 50.1 Å². The summed E-state index contributed by atoms with van der Waals surface area (Å²) in [5.41, 5.74) is 3.33. The Kier molecular flexibility index (Phi) is 8.06. The molecule has 6 N–H and O–H groups in total. The molecule has 0 saturated carbocycles. The zero-order chi connectivity index (χ0) is 11.5. The van der Waals surface area contributed by atoms with Gasteiger partial charge in [0.25, 0.3) is 0 Å². The van der Waals surface area contributed by atoms with Crippen LogP contribution in [0.2, 0.25) is 0 Å². The lowest BCUT2D eigenvalue weighted by Crippen LogP contribution is -1.88. The van der Waals surface area contributed by atoms with Crippen LogP contribution < -0.4 is 0 Å². The lowest BCUT2D eigenvalue weighted by atomic mass is 9.94. The van der Waals surface area contributed by atoms with E-state index in [1.165, 1.54) is 10.8 Å². The first-order valence-corrected chi connectivity index (χ1v) is 5.25. The topological polar surface area (TPSA) is 94.5 Å². The highest BCUT2D eigenvalue weighted by Gasteiger charge is 2.06. The van der Waals surface area contributed by atoms with Gasteiger partial charge in [-0.05, 0) is 33.5 Å². The molecule has 0 bridgehead atoms. The Morgan fingerprint density at radius 2 is 1.32 bits per heavy atom. The highest BCUT2D eigenvalue weighted by Crippen LogP contribution is 2.28. The zero-order valence-electron chi connectivity index (χ0n) is 10.7. The lowest BCUT2D eigenvalue weighted by molar-refractivity contribution is 0.823. The smallest absolute Gasteiger partial charge is 0.0105 e. The fourth-order valence-electron chi connectivity index (χ4n) is 2.03. The standard InChI is InChI=1S/C16H14.3H2O/c1-4-12-11-13-9-7-8-10-16(13)15(6-3)14(12)5-2;;;/h4-11H,1-3H2;3*1H2. The Morgan fingerprint density at radius 3 is 1.84 bits per heavy atom. The van der Waals surface area contributed by atoms with E-state index in [0.717, 1.165) is 16.7 Å². The van der Waals surface area contributed by atoms with Gasteiger partial charge < -0.3 is 16.4 Å². The third kappa shape index (κ3) is 3.17. The van der Waals surface area contributed by atoms with Crippen molar-refractivity contribution in [2.45, 2.75) is 0 Å². The predicted octanol–water partition coefficient (Wildman–Crippen LogP) is 2.29. The van der Waals surface area contributed by atoms with Gasteiger partial charge in [-0.15, -0.1) is 0 Å². The molecule has 19 heavy (non-hydrogen) atoms. The van der Waals surface area contributed by atoms with Gasteiger partial charge in [-0.2, -0.15) is 0 Å². The molecule has 0 heterocycles. The van der Waals surface area contributed by atoms with Crippen molar-refractivity contribution in [1.82, 2.24) is 0 Å². The molecule has 0 fully saturated rings. The third-order valence-electron chi connectivity index (χ3n) is 2.79. The molecule has 0 atom stereocenters. The number of benzene rings is 2. The first-order valence-electron chi connectivity index (χ1n) is 5.25. The van der Waals surface area contributed by atoms with Crippen LogP contribution in [0.25, 0.3) is 29.0 Å². The number of hydrogen-bond acceptors (Lipinski definition) is 0. The summed E-state index contributed by atoms with van der Waals surface area (Å²) in [7, 11) is 0. The van der Waals surface area contributed by atoms with Crippen molar-refractivity contribution in [3.05, 3.63) is 66.8 Å². The summed E-state index contributed by atoms with van der Waals surface area (Å²) >= 11 is 0. The SMILES string of the molecule is C=Cc1cc2ccccc2c(C=C)c1C=C.O.O.O. The van der Waals surface area contributed by atoms with Crippen LogP contribution in [0.4, 0.5) is 0 Å². The minimum Gasteiger partial charge on any atom is -0.412 e. The van der Waals surface area contributed by atoms with Gasteiger partial charge in [-0.25, -0.2) is 0 Å². The molecular weight excluding hydrogens is 240 g/mol. The van der Waals surface area contributed by atoms with Crippen LogP contribution >= 0.6 is 0 Å². The summed E-state index contributed by atoms with van der Waals surface area (Å²) in [5, 5.41) is 2.41.